The lowest BCUT2D eigenvalue weighted by Gasteiger charge is -2.07. The Labute approximate surface area is 135 Å². The summed E-state index contributed by atoms with van der Waals surface area (Å²) in [6, 6.07) is 13.6. The Morgan fingerprint density at radius 2 is 1.70 bits per heavy atom. The van der Waals surface area contributed by atoms with Crippen LogP contribution in [0.1, 0.15) is 15.9 Å². The van der Waals surface area contributed by atoms with Crippen molar-refractivity contribution in [3.05, 3.63) is 70.9 Å². The third-order valence-electron chi connectivity index (χ3n) is 3.59. The molecule has 0 aliphatic rings. The summed E-state index contributed by atoms with van der Waals surface area (Å²) in [6.07, 6.45) is -3.66. The Bertz CT molecular complexity index is 883. The number of rotatable bonds is 3. The minimum absolute atomic E-state index is 0.280. The van der Waals surface area contributed by atoms with Gasteiger partial charge in [-0.25, -0.2) is 0 Å². The molecule has 0 fully saturated rings. The van der Waals surface area contributed by atoms with Crippen LogP contribution in [0.2, 0.25) is 5.02 Å². The second-order valence-electron chi connectivity index (χ2n) is 5.11. The molecule has 0 N–H and O–H groups in total. The van der Waals surface area contributed by atoms with Gasteiger partial charge >= 0.3 is 6.18 Å². The normalized spacial score (nSPS) is 11.8. The third kappa shape index (κ3) is 2.97. The van der Waals surface area contributed by atoms with Gasteiger partial charge in [-0.1, -0.05) is 48.0 Å². The molecule has 0 aliphatic heterocycles. The van der Waals surface area contributed by atoms with Gasteiger partial charge in [-0.3, -0.25) is 4.79 Å². The number of nitrogens with zero attached hydrogens (tertiary/aromatic N) is 1. The van der Waals surface area contributed by atoms with E-state index in [0.29, 0.717) is 10.5 Å². The molecule has 3 aromatic rings. The minimum Gasteiger partial charge on any atom is -0.342 e. The van der Waals surface area contributed by atoms with Crippen LogP contribution < -0.4 is 0 Å². The number of Topliss-reactive ketones (excluding diaryl/α,β-unsaturated/α-hetero) is 1. The van der Waals surface area contributed by atoms with Gasteiger partial charge in [0.1, 0.15) is 0 Å². The number of carbonyl (C=O) groups is 1. The molecule has 6 heteroatoms. The number of benzene rings is 2. The second kappa shape index (κ2) is 5.74. The van der Waals surface area contributed by atoms with E-state index < -0.39 is 12.0 Å². The molecule has 0 saturated heterocycles. The van der Waals surface area contributed by atoms with Crippen molar-refractivity contribution in [2.75, 3.05) is 0 Å². The summed E-state index contributed by atoms with van der Waals surface area (Å²) >= 11 is 6.11. The lowest BCUT2D eigenvalue weighted by Crippen LogP contribution is -2.22. The molecule has 0 unspecified atom stereocenters. The van der Waals surface area contributed by atoms with Gasteiger partial charge in [0.25, 0.3) is 5.78 Å². The fourth-order valence-electron chi connectivity index (χ4n) is 2.52. The highest BCUT2D eigenvalue weighted by Gasteiger charge is 2.40. The van der Waals surface area contributed by atoms with Crippen molar-refractivity contribution < 1.29 is 18.0 Å². The number of aromatic nitrogens is 1. The molecular weight excluding hydrogens is 327 g/mol. The zero-order chi connectivity index (χ0) is 16.6. The first-order valence-electron chi connectivity index (χ1n) is 6.81. The van der Waals surface area contributed by atoms with E-state index in [2.05, 4.69) is 0 Å². The van der Waals surface area contributed by atoms with Gasteiger partial charge < -0.3 is 4.57 Å². The van der Waals surface area contributed by atoms with Crippen LogP contribution in [0.3, 0.4) is 0 Å². The van der Waals surface area contributed by atoms with Crippen molar-refractivity contribution in [1.29, 1.82) is 0 Å². The maximum Gasteiger partial charge on any atom is 0.454 e. The zero-order valence-corrected chi connectivity index (χ0v) is 12.5. The molecule has 0 spiro atoms. The van der Waals surface area contributed by atoms with E-state index in [-0.39, 0.29) is 17.5 Å². The van der Waals surface area contributed by atoms with Gasteiger partial charge in [-0.15, -0.1) is 0 Å². The number of ketones is 1. The number of hydrogen-bond acceptors (Lipinski definition) is 1. The number of fused-ring (bicyclic) bond motifs is 1. The maximum absolute atomic E-state index is 12.8. The Morgan fingerprint density at radius 1 is 1.04 bits per heavy atom. The second-order valence-corrected chi connectivity index (χ2v) is 5.51. The summed E-state index contributed by atoms with van der Waals surface area (Å²) in [5.74, 6) is -1.84. The van der Waals surface area contributed by atoms with Crippen molar-refractivity contribution in [2.45, 2.75) is 12.7 Å². The van der Waals surface area contributed by atoms with Crippen molar-refractivity contribution in [3.63, 3.8) is 0 Å². The summed E-state index contributed by atoms with van der Waals surface area (Å²) in [4.78, 5) is 11.6. The average molecular weight is 338 g/mol. The standard InChI is InChI=1S/C17H11ClF3NO/c18-14-7-3-1-5-11(14)9-22-10-13(16(23)17(19,20)21)12-6-2-4-8-15(12)22/h1-8,10H,9H2. The molecule has 2 aromatic carbocycles. The minimum atomic E-state index is -4.90. The van der Waals surface area contributed by atoms with Crippen molar-refractivity contribution in [3.8, 4) is 0 Å². The Kier molecular flexibility index (Phi) is 3.90. The Morgan fingerprint density at radius 3 is 2.39 bits per heavy atom. The predicted octanol–water partition coefficient (Wildman–Crippen LogP) is 5.09. The van der Waals surface area contributed by atoms with Gasteiger partial charge in [0, 0.05) is 28.7 Å². The quantitative estimate of drug-likeness (QED) is 0.610. The molecule has 0 atom stereocenters. The fraction of sp³-hybridized carbons (Fsp3) is 0.118. The topological polar surface area (TPSA) is 22.0 Å². The van der Waals surface area contributed by atoms with Crippen molar-refractivity contribution in [2.24, 2.45) is 0 Å². The van der Waals surface area contributed by atoms with Crippen LogP contribution in [0.15, 0.2) is 54.7 Å². The van der Waals surface area contributed by atoms with Crippen LogP contribution in [0, 0.1) is 0 Å². The van der Waals surface area contributed by atoms with Gasteiger partial charge in [-0.2, -0.15) is 13.2 Å². The number of para-hydroxylation sites is 1. The number of carbonyl (C=O) groups excluding carboxylic acids is 1. The van der Waals surface area contributed by atoms with Crippen molar-refractivity contribution in [1.82, 2.24) is 4.57 Å². The van der Waals surface area contributed by atoms with Gasteiger partial charge in [-0.05, 0) is 17.7 Å². The van der Waals surface area contributed by atoms with Gasteiger partial charge in [0.05, 0.1) is 5.56 Å². The van der Waals surface area contributed by atoms with E-state index >= 15 is 0 Å². The van der Waals surface area contributed by atoms with Crippen LogP contribution >= 0.6 is 11.6 Å². The lowest BCUT2D eigenvalue weighted by molar-refractivity contribution is -0.0884. The van der Waals surface area contributed by atoms with Crippen molar-refractivity contribution >= 4 is 28.3 Å². The first-order valence-corrected chi connectivity index (χ1v) is 7.18. The molecule has 2 nitrogen and oxygen atoms in total. The number of alkyl halides is 3. The summed E-state index contributed by atoms with van der Waals surface area (Å²) < 4.78 is 40.0. The van der Waals surface area contributed by atoms with Gasteiger partial charge in [0.15, 0.2) is 0 Å². The average Bonchev–Trinajstić information content (AvgIpc) is 2.87. The molecule has 0 aliphatic carbocycles. The summed E-state index contributed by atoms with van der Waals surface area (Å²) in [5, 5.41) is 0.802. The van der Waals surface area contributed by atoms with Crippen LogP contribution in [0.25, 0.3) is 10.9 Å². The molecule has 1 aromatic heterocycles. The highest BCUT2D eigenvalue weighted by atomic mass is 35.5. The van der Waals surface area contributed by atoms with Crippen LogP contribution in [0.5, 0.6) is 0 Å². The molecule has 118 valence electrons. The molecule has 3 rings (SSSR count). The Hall–Kier alpha value is -2.27. The number of hydrogen-bond donors (Lipinski definition) is 0. The summed E-state index contributed by atoms with van der Waals surface area (Å²) in [6.45, 7) is 0.283. The largest absolute Gasteiger partial charge is 0.454 e. The molecule has 0 bridgehead atoms. The SMILES string of the molecule is O=C(c1cn(Cc2ccccc2Cl)c2ccccc12)C(F)(F)F. The van der Waals surface area contributed by atoms with Crippen LogP contribution in [-0.4, -0.2) is 16.5 Å². The highest BCUT2D eigenvalue weighted by molar-refractivity contribution is 6.31. The van der Waals surface area contributed by atoms with Crippen LogP contribution in [-0.2, 0) is 6.54 Å². The molecule has 1 heterocycles. The van der Waals surface area contributed by atoms with E-state index in [4.69, 9.17) is 11.6 Å². The molecule has 0 saturated carbocycles. The van der Waals surface area contributed by atoms with Gasteiger partial charge in [0.2, 0.25) is 0 Å². The fourth-order valence-corrected chi connectivity index (χ4v) is 2.72. The van der Waals surface area contributed by atoms with Crippen LogP contribution in [0.4, 0.5) is 13.2 Å². The molecule has 0 amide bonds. The van der Waals surface area contributed by atoms with E-state index in [1.54, 1.807) is 47.0 Å². The highest BCUT2D eigenvalue weighted by Crippen LogP contribution is 2.29. The maximum atomic E-state index is 12.8. The monoisotopic (exact) mass is 337 g/mol. The predicted molar refractivity (Wildman–Crippen MR) is 82.9 cm³/mol. The first-order chi connectivity index (χ1) is 10.9. The van der Waals surface area contributed by atoms with E-state index in [1.165, 1.54) is 12.3 Å². The van der Waals surface area contributed by atoms with E-state index in [0.717, 1.165) is 5.56 Å². The smallest absolute Gasteiger partial charge is 0.342 e. The first kappa shape index (κ1) is 15.6. The Balaban J connectivity index is 2.12. The summed E-state index contributed by atoms with van der Waals surface area (Å²) in [5.41, 5.74) is 0.973. The molecule has 23 heavy (non-hydrogen) atoms. The van der Waals surface area contributed by atoms with E-state index in [9.17, 15) is 18.0 Å². The van der Waals surface area contributed by atoms with E-state index in [1.807, 2.05) is 0 Å². The molecular formula is C17H11ClF3NO. The summed E-state index contributed by atoms with van der Waals surface area (Å²) in [7, 11) is 0. The lowest BCUT2D eigenvalue weighted by atomic mass is 10.1. The number of halogens is 4. The molecule has 0 radical (unpaired) electrons. The third-order valence-corrected chi connectivity index (χ3v) is 3.96. The zero-order valence-electron chi connectivity index (χ0n) is 11.8.